The van der Waals surface area contributed by atoms with Gasteiger partial charge in [0.1, 0.15) is 0 Å². The van der Waals surface area contributed by atoms with E-state index in [2.05, 4.69) is 0 Å². The minimum absolute atomic E-state index is 0.256. The third-order valence-corrected chi connectivity index (χ3v) is 2.77. The van der Waals surface area contributed by atoms with Crippen molar-refractivity contribution in [1.29, 1.82) is 0 Å². The minimum atomic E-state index is -0.673. The Morgan fingerprint density at radius 3 is 2.64 bits per heavy atom. The summed E-state index contributed by atoms with van der Waals surface area (Å²) in [6.07, 6.45) is 0.0555. The predicted octanol–water partition coefficient (Wildman–Crippen LogP) is 2.42. The summed E-state index contributed by atoms with van der Waals surface area (Å²) in [7, 11) is 0. The molecule has 2 atom stereocenters. The summed E-state index contributed by atoms with van der Waals surface area (Å²) in [5.74, 6) is 0. The lowest BCUT2D eigenvalue weighted by Gasteiger charge is -2.20. The van der Waals surface area contributed by atoms with Crippen molar-refractivity contribution in [3.05, 3.63) is 34.3 Å². The molecule has 0 aromatic heterocycles. The van der Waals surface area contributed by atoms with Gasteiger partial charge < -0.3 is 10.8 Å². The van der Waals surface area contributed by atoms with Gasteiger partial charge in [0.25, 0.3) is 0 Å². The average Bonchev–Trinajstić information content (AvgIpc) is 2.16. The first kappa shape index (κ1) is 11.5. The van der Waals surface area contributed by atoms with Crippen molar-refractivity contribution in [3.63, 3.8) is 0 Å². The molecule has 1 aromatic rings. The normalized spacial score (nSPS) is 15.2. The molecule has 14 heavy (non-hydrogen) atoms. The van der Waals surface area contributed by atoms with Crippen LogP contribution in [0.5, 0.6) is 0 Å². The second-order valence-electron chi connectivity index (χ2n) is 3.49. The topological polar surface area (TPSA) is 46.2 Å². The largest absolute Gasteiger partial charge is 0.387 e. The molecular formula is C11H16ClNO. The zero-order chi connectivity index (χ0) is 10.7. The van der Waals surface area contributed by atoms with E-state index in [0.29, 0.717) is 5.02 Å². The van der Waals surface area contributed by atoms with Gasteiger partial charge in [-0.1, -0.05) is 30.7 Å². The van der Waals surface area contributed by atoms with Crippen LogP contribution in [0.15, 0.2) is 18.2 Å². The molecular weight excluding hydrogens is 198 g/mol. The van der Waals surface area contributed by atoms with Crippen LogP contribution in [0.3, 0.4) is 0 Å². The van der Waals surface area contributed by atoms with Crippen molar-refractivity contribution in [2.45, 2.75) is 32.4 Å². The number of hydrogen-bond donors (Lipinski definition) is 2. The highest BCUT2D eigenvalue weighted by molar-refractivity contribution is 6.31. The van der Waals surface area contributed by atoms with Crippen LogP contribution in [0.4, 0.5) is 0 Å². The third-order valence-electron chi connectivity index (χ3n) is 2.44. The lowest BCUT2D eigenvalue weighted by atomic mass is 9.97. The summed E-state index contributed by atoms with van der Waals surface area (Å²) in [5, 5.41) is 10.5. The van der Waals surface area contributed by atoms with Crippen LogP contribution >= 0.6 is 11.6 Å². The molecule has 1 aromatic carbocycles. The SMILES string of the molecule is CC[C@@H](N)[C@@H](O)c1c(C)cccc1Cl. The van der Waals surface area contributed by atoms with Crippen LogP contribution < -0.4 is 5.73 Å². The number of aliphatic hydroxyl groups excluding tert-OH is 1. The van der Waals surface area contributed by atoms with Crippen LogP contribution in [0.1, 0.15) is 30.6 Å². The van der Waals surface area contributed by atoms with Gasteiger partial charge in [-0.05, 0) is 25.0 Å². The van der Waals surface area contributed by atoms with E-state index in [1.165, 1.54) is 0 Å². The maximum atomic E-state index is 9.94. The summed E-state index contributed by atoms with van der Waals surface area (Å²) in [6.45, 7) is 3.87. The smallest absolute Gasteiger partial charge is 0.0957 e. The van der Waals surface area contributed by atoms with Gasteiger partial charge in [-0.3, -0.25) is 0 Å². The second-order valence-corrected chi connectivity index (χ2v) is 3.89. The highest BCUT2D eigenvalue weighted by atomic mass is 35.5. The molecule has 0 bridgehead atoms. The van der Waals surface area contributed by atoms with Gasteiger partial charge >= 0.3 is 0 Å². The molecule has 0 fully saturated rings. The van der Waals surface area contributed by atoms with Gasteiger partial charge in [-0.15, -0.1) is 0 Å². The first-order valence-electron chi connectivity index (χ1n) is 4.76. The van der Waals surface area contributed by atoms with E-state index in [1.54, 1.807) is 6.07 Å². The Morgan fingerprint density at radius 1 is 1.50 bits per heavy atom. The van der Waals surface area contributed by atoms with Gasteiger partial charge in [-0.25, -0.2) is 0 Å². The summed E-state index contributed by atoms with van der Waals surface area (Å²) < 4.78 is 0. The van der Waals surface area contributed by atoms with Gasteiger partial charge in [0.15, 0.2) is 0 Å². The third kappa shape index (κ3) is 2.27. The molecule has 0 saturated carbocycles. The van der Waals surface area contributed by atoms with E-state index in [0.717, 1.165) is 17.5 Å². The van der Waals surface area contributed by atoms with Crippen molar-refractivity contribution in [2.75, 3.05) is 0 Å². The highest BCUT2D eigenvalue weighted by Crippen LogP contribution is 2.28. The van der Waals surface area contributed by atoms with Crippen molar-refractivity contribution in [3.8, 4) is 0 Å². The Kier molecular flexibility index (Phi) is 3.93. The molecule has 1 rings (SSSR count). The van der Waals surface area contributed by atoms with Gasteiger partial charge in [0, 0.05) is 16.6 Å². The fourth-order valence-electron chi connectivity index (χ4n) is 1.46. The molecule has 78 valence electrons. The lowest BCUT2D eigenvalue weighted by molar-refractivity contribution is 0.144. The Bertz CT molecular complexity index is 294. The van der Waals surface area contributed by atoms with E-state index in [-0.39, 0.29) is 6.04 Å². The molecule has 2 nitrogen and oxygen atoms in total. The molecule has 0 aliphatic rings. The molecule has 0 unspecified atom stereocenters. The molecule has 3 heteroatoms. The molecule has 0 radical (unpaired) electrons. The van der Waals surface area contributed by atoms with Crippen molar-refractivity contribution in [1.82, 2.24) is 0 Å². The van der Waals surface area contributed by atoms with E-state index >= 15 is 0 Å². The predicted molar refractivity (Wildman–Crippen MR) is 59.4 cm³/mol. The number of benzene rings is 1. The number of rotatable bonds is 3. The zero-order valence-electron chi connectivity index (χ0n) is 8.50. The maximum absolute atomic E-state index is 9.94. The maximum Gasteiger partial charge on any atom is 0.0957 e. The molecule has 0 amide bonds. The van der Waals surface area contributed by atoms with Crippen LogP contribution in [0.2, 0.25) is 5.02 Å². The van der Waals surface area contributed by atoms with Crippen LogP contribution in [0.25, 0.3) is 0 Å². The molecule has 0 aliphatic carbocycles. The Labute approximate surface area is 89.7 Å². The van der Waals surface area contributed by atoms with Gasteiger partial charge in [0.2, 0.25) is 0 Å². The van der Waals surface area contributed by atoms with Crippen molar-refractivity contribution >= 4 is 11.6 Å². The monoisotopic (exact) mass is 213 g/mol. The average molecular weight is 214 g/mol. The highest BCUT2D eigenvalue weighted by Gasteiger charge is 2.19. The molecule has 0 saturated heterocycles. The first-order valence-corrected chi connectivity index (χ1v) is 5.14. The number of hydrogen-bond acceptors (Lipinski definition) is 2. The lowest BCUT2D eigenvalue weighted by Crippen LogP contribution is -2.28. The zero-order valence-corrected chi connectivity index (χ0v) is 9.25. The van der Waals surface area contributed by atoms with E-state index in [4.69, 9.17) is 17.3 Å². The summed E-state index contributed by atoms with van der Waals surface area (Å²) in [6, 6.07) is 5.31. The number of halogens is 1. The fraction of sp³-hybridized carbons (Fsp3) is 0.455. The van der Waals surface area contributed by atoms with Crippen LogP contribution in [-0.2, 0) is 0 Å². The Balaban J connectivity index is 3.05. The summed E-state index contributed by atoms with van der Waals surface area (Å²) in [4.78, 5) is 0. The van der Waals surface area contributed by atoms with Crippen LogP contribution in [-0.4, -0.2) is 11.1 Å². The van der Waals surface area contributed by atoms with Gasteiger partial charge in [0.05, 0.1) is 6.10 Å². The fourth-order valence-corrected chi connectivity index (χ4v) is 1.79. The van der Waals surface area contributed by atoms with Crippen LogP contribution in [0, 0.1) is 6.92 Å². The molecule has 0 aliphatic heterocycles. The molecule has 3 N–H and O–H groups in total. The first-order chi connectivity index (χ1) is 6.57. The number of nitrogens with two attached hydrogens (primary N) is 1. The van der Waals surface area contributed by atoms with E-state index in [1.807, 2.05) is 26.0 Å². The number of aliphatic hydroxyl groups is 1. The summed E-state index contributed by atoms with van der Waals surface area (Å²) in [5.41, 5.74) is 7.51. The van der Waals surface area contributed by atoms with Gasteiger partial charge in [-0.2, -0.15) is 0 Å². The number of aryl methyl sites for hydroxylation is 1. The molecule has 0 heterocycles. The second kappa shape index (κ2) is 4.78. The Hall–Kier alpha value is -0.570. The van der Waals surface area contributed by atoms with Crippen molar-refractivity contribution < 1.29 is 5.11 Å². The van der Waals surface area contributed by atoms with E-state index in [9.17, 15) is 5.11 Å². The van der Waals surface area contributed by atoms with Crippen molar-refractivity contribution in [2.24, 2.45) is 5.73 Å². The van der Waals surface area contributed by atoms with E-state index < -0.39 is 6.10 Å². The Morgan fingerprint density at radius 2 is 2.14 bits per heavy atom. The quantitative estimate of drug-likeness (QED) is 0.810. The summed E-state index contributed by atoms with van der Waals surface area (Å²) >= 11 is 6.01. The molecule has 0 spiro atoms. The standard InChI is InChI=1S/C11H16ClNO/c1-3-9(13)11(14)10-7(2)5-4-6-8(10)12/h4-6,9,11,14H,3,13H2,1-2H3/t9-,11-/m1/s1. The minimum Gasteiger partial charge on any atom is -0.387 e.